The molecule has 0 unspecified atom stereocenters. The summed E-state index contributed by atoms with van der Waals surface area (Å²) in [4.78, 5) is 4.08. The molecule has 124 valence electrons. The number of hydrogen-bond acceptors (Lipinski definition) is 5. The molecule has 0 atom stereocenters. The van der Waals surface area contributed by atoms with Gasteiger partial charge in [-0.05, 0) is 45.8 Å². The highest BCUT2D eigenvalue weighted by atomic mass is 35.5. The first-order valence-electron chi connectivity index (χ1n) is 7.36. The van der Waals surface area contributed by atoms with E-state index >= 15 is 0 Å². The van der Waals surface area contributed by atoms with Gasteiger partial charge in [0.25, 0.3) is 0 Å². The summed E-state index contributed by atoms with van der Waals surface area (Å²) >= 11 is 12.2. The maximum atomic E-state index is 6.08. The Labute approximate surface area is 152 Å². The number of benzene rings is 2. The molecule has 0 aliphatic rings. The van der Waals surface area contributed by atoms with Crippen LogP contribution in [0, 0.1) is 0 Å². The van der Waals surface area contributed by atoms with Gasteiger partial charge in [0.05, 0.1) is 6.20 Å². The van der Waals surface area contributed by atoms with Crippen molar-refractivity contribution in [3.05, 3.63) is 93.9 Å². The van der Waals surface area contributed by atoms with E-state index < -0.39 is 5.41 Å². The number of nitrogens with one attached hydrogen (secondary N) is 1. The maximum absolute atomic E-state index is 6.08. The SMILES string of the molecule is Clc1ccc(C(c2ccc(Cl)cc2)(c2nnn[nH]2)c2cnco2)cc1. The van der Waals surface area contributed by atoms with Gasteiger partial charge in [-0.25, -0.2) is 10.1 Å². The number of hydrogen-bond donors (Lipinski definition) is 1. The van der Waals surface area contributed by atoms with Crippen LogP contribution in [0.5, 0.6) is 0 Å². The maximum Gasteiger partial charge on any atom is 0.180 e. The van der Waals surface area contributed by atoms with E-state index in [1.807, 2.05) is 48.5 Å². The van der Waals surface area contributed by atoms with Crippen LogP contribution in [-0.4, -0.2) is 25.6 Å². The molecule has 0 amide bonds. The fourth-order valence-electron chi connectivity index (χ4n) is 2.96. The van der Waals surface area contributed by atoms with Crippen molar-refractivity contribution in [1.82, 2.24) is 25.6 Å². The van der Waals surface area contributed by atoms with Crippen molar-refractivity contribution >= 4 is 23.2 Å². The summed E-state index contributed by atoms with van der Waals surface area (Å²) in [5.41, 5.74) is 0.818. The Balaban J connectivity index is 2.08. The van der Waals surface area contributed by atoms with Crippen LogP contribution >= 0.6 is 23.2 Å². The minimum atomic E-state index is -0.921. The summed E-state index contributed by atoms with van der Waals surface area (Å²) in [7, 11) is 0. The van der Waals surface area contributed by atoms with Crippen molar-refractivity contribution in [2.45, 2.75) is 5.41 Å². The van der Waals surface area contributed by atoms with E-state index in [0.717, 1.165) is 11.1 Å². The molecule has 0 saturated carbocycles. The molecule has 0 saturated heterocycles. The van der Waals surface area contributed by atoms with Crippen molar-refractivity contribution in [1.29, 1.82) is 0 Å². The number of nitrogens with zero attached hydrogens (tertiary/aromatic N) is 4. The molecule has 2 heterocycles. The zero-order chi connectivity index (χ0) is 17.3. The van der Waals surface area contributed by atoms with Crippen LogP contribution in [0.2, 0.25) is 10.0 Å². The van der Waals surface area contributed by atoms with Crippen LogP contribution in [0.4, 0.5) is 0 Å². The predicted octanol–water partition coefficient (Wildman–Crippen LogP) is 3.88. The van der Waals surface area contributed by atoms with Gasteiger partial charge in [-0.2, -0.15) is 0 Å². The summed E-state index contributed by atoms with van der Waals surface area (Å²) in [5.74, 6) is 1.06. The van der Waals surface area contributed by atoms with Gasteiger partial charge in [-0.3, -0.25) is 0 Å². The molecule has 2 aromatic carbocycles. The molecule has 4 rings (SSSR count). The van der Waals surface area contributed by atoms with Crippen LogP contribution in [0.15, 0.2) is 65.5 Å². The monoisotopic (exact) mass is 371 g/mol. The minimum Gasteiger partial charge on any atom is -0.447 e. The molecular formula is C17H11Cl2N5O. The van der Waals surface area contributed by atoms with Gasteiger partial charge < -0.3 is 4.42 Å². The molecule has 1 N–H and O–H groups in total. The third-order valence-corrected chi connectivity index (χ3v) is 4.56. The summed E-state index contributed by atoms with van der Waals surface area (Å²) in [5, 5.41) is 15.8. The van der Waals surface area contributed by atoms with Gasteiger partial charge in [0.2, 0.25) is 0 Å². The lowest BCUT2D eigenvalue weighted by Crippen LogP contribution is -2.32. The normalized spacial score (nSPS) is 11.6. The highest BCUT2D eigenvalue weighted by Crippen LogP contribution is 2.43. The Morgan fingerprint density at radius 3 is 1.92 bits per heavy atom. The molecule has 25 heavy (non-hydrogen) atoms. The van der Waals surface area contributed by atoms with Gasteiger partial charge >= 0.3 is 0 Å². The third kappa shape index (κ3) is 2.59. The van der Waals surface area contributed by atoms with Crippen molar-refractivity contribution in [2.75, 3.05) is 0 Å². The van der Waals surface area contributed by atoms with E-state index in [2.05, 4.69) is 25.6 Å². The Kier molecular flexibility index (Phi) is 3.99. The van der Waals surface area contributed by atoms with Gasteiger partial charge in [0.1, 0.15) is 11.2 Å². The predicted molar refractivity (Wildman–Crippen MR) is 92.6 cm³/mol. The highest BCUT2D eigenvalue weighted by molar-refractivity contribution is 6.30. The zero-order valence-electron chi connectivity index (χ0n) is 12.7. The zero-order valence-corrected chi connectivity index (χ0v) is 14.2. The van der Waals surface area contributed by atoms with E-state index in [1.165, 1.54) is 6.39 Å². The number of H-pyrrole nitrogens is 1. The summed E-state index contributed by atoms with van der Waals surface area (Å²) in [6, 6.07) is 14.8. The fraction of sp³-hybridized carbons (Fsp3) is 0.0588. The number of aromatic nitrogens is 5. The first-order chi connectivity index (χ1) is 12.2. The fourth-order valence-corrected chi connectivity index (χ4v) is 3.21. The molecule has 0 radical (unpaired) electrons. The molecule has 0 bridgehead atoms. The van der Waals surface area contributed by atoms with E-state index in [0.29, 0.717) is 21.6 Å². The lowest BCUT2D eigenvalue weighted by molar-refractivity contribution is 0.448. The molecule has 0 aliphatic heterocycles. The average molecular weight is 372 g/mol. The van der Waals surface area contributed by atoms with Gasteiger partial charge in [0, 0.05) is 10.0 Å². The smallest absolute Gasteiger partial charge is 0.180 e. The number of rotatable bonds is 4. The second kappa shape index (κ2) is 6.31. The van der Waals surface area contributed by atoms with Gasteiger partial charge in [-0.15, -0.1) is 5.10 Å². The summed E-state index contributed by atoms with van der Waals surface area (Å²) in [6.45, 7) is 0. The van der Waals surface area contributed by atoms with E-state index in [9.17, 15) is 0 Å². The Morgan fingerprint density at radius 2 is 1.48 bits per heavy atom. The largest absolute Gasteiger partial charge is 0.447 e. The minimum absolute atomic E-state index is 0.494. The topological polar surface area (TPSA) is 80.5 Å². The molecule has 6 nitrogen and oxygen atoms in total. The number of oxazole rings is 1. The van der Waals surface area contributed by atoms with Crippen LogP contribution < -0.4 is 0 Å². The molecule has 8 heteroatoms. The number of tetrazole rings is 1. The lowest BCUT2D eigenvalue weighted by atomic mass is 9.72. The van der Waals surface area contributed by atoms with Crippen molar-refractivity contribution in [2.24, 2.45) is 0 Å². The average Bonchev–Trinajstić information content (AvgIpc) is 3.33. The molecule has 0 fully saturated rings. The van der Waals surface area contributed by atoms with Gasteiger partial charge in [0.15, 0.2) is 12.2 Å². The first-order valence-corrected chi connectivity index (χ1v) is 8.12. The van der Waals surface area contributed by atoms with E-state index in [-0.39, 0.29) is 0 Å². The Bertz CT molecular complexity index is 870. The van der Waals surface area contributed by atoms with Gasteiger partial charge in [-0.1, -0.05) is 47.5 Å². The number of halogens is 2. The van der Waals surface area contributed by atoms with Crippen LogP contribution in [-0.2, 0) is 5.41 Å². The second-order valence-electron chi connectivity index (χ2n) is 5.38. The molecule has 0 aliphatic carbocycles. The van der Waals surface area contributed by atoms with E-state index in [1.54, 1.807) is 6.20 Å². The molecule has 2 aromatic heterocycles. The highest BCUT2D eigenvalue weighted by Gasteiger charge is 2.44. The van der Waals surface area contributed by atoms with E-state index in [4.69, 9.17) is 27.6 Å². The lowest BCUT2D eigenvalue weighted by Gasteiger charge is -2.30. The van der Waals surface area contributed by atoms with Crippen LogP contribution in [0.3, 0.4) is 0 Å². The van der Waals surface area contributed by atoms with Crippen LogP contribution in [0.1, 0.15) is 22.7 Å². The molecule has 4 aromatic rings. The third-order valence-electron chi connectivity index (χ3n) is 4.06. The first kappa shape index (κ1) is 15.8. The number of aromatic amines is 1. The van der Waals surface area contributed by atoms with Crippen molar-refractivity contribution < 1.29 is 4.42 Å². The second-order valence-corrected chi connectivity index (χ2v) is 6.25. The molecular weight excluding hydrogens is 361 g/mol. The van der Waals surface area contributed by atoms with Crippen LogP contribution in [0.25, 0.3) is 0 Å². The van der Waals surface area contributed by atoms with Crippen molar-refractivity contribution in [3.8, 4) is 0 Å². The standard InChI is InChI=1S/C17H11Cl2N5O/c18-13-5-1-11(2-6-13)17(15-9-20-10-25-15,16-21-23-24-22-16)12-3-7-14(19)8-4-12/h1-10H,(H,21,22,23,24). The van der Waals surface area contributed by atoms with Crippen molar-refractivity contribution in [3.63, 3.8) is 0 Å². The molecule has 0 spiro atoms. The quantitative estimate of drug-likeness (QED) is 0.588. The Hall–Kier alpha value is -2.70. The Morgan fingerprint density at radius 1 is 0.880 bits per heavy atom. The summed E-state index contributed by atoms with van der Waals surface area (Å²) in [6.07, 6.45) is 3.02. The summed E-state index contributed by atoms with van der Waals surface area (Å²) < 4.78 is 5.70.